The molecule has 1 saturated carbocycles. The molecule has 0 heterocycles. The fourth-order valence-corrected chi connectivity index (χ4v) is 3.61. The van der Waals surface area contributed by atoms with Gasteiger partial charge in [-0.05, 0) is 36.0 Å². The smallest absolute Gasteiger partial charge is 0.0269 e. The molecule has 0 N–H and O–H groups in total. The zero-order chi connectivity index (χ0) is 13.6. The zero-order valence-corrected chi connectivity index (χ0v) is 13.6. The Balaban J connectivity index is 2.23. The average Bonchev–Trinajstić information content (AvgIpc) is 2.99. The Bertz CT molecular complexity index is 220. The monoisotopic (exact) mass is 252 g/mol. The van der Waals surface area contributed by atoms with Crippen LogP contribution in [0.25, 0.3) is 0 Å². The molecular weight excluding hydrogens is 216 g/mol. The topological polar surface area (TPSA) is 0 Å². The summed E-state index contributed by atoms with van der Waals surface area (Å²) in [6, 6.07) is 0. The van der Waals surface area contributed by atoms with E-state index in [1.54, 1.807) is 0 Å². The number of hydrogen-bond donors (Lipinski definition) is 0. The third kappa shape index (κ3) is 4.59. The summed E-state index contributed by atoms with van der Waals surface area (Å²) >= 11 is 0. The van der Waals surface area contributed by atoms with E-state index in [1.807, 2.05) is 0 Å². The van der Waals surface area contributed by atoms with Gasteiger partial charge in [-0.3, -0.25) is 0 Å². The molecule has 1 rings (SSSR count). The van der Waals surface area contributed by atoms with Crippen LogP contribution in [0.15, 0.2) is 0 Å². The Hall–Kier alpha value is 0. The van der Waals surface area contributed by atoms with Crippen LogP contribution in [-0.4, -0.2) is 0 Å². The fourth-order valence-electron chi connectivity index (χ4n) is 3.61. The molecule has 4 unspecified atom stereocenters. The van der Waals surface area contributed by atoms with Crippen molar-refractivity contribution < 1.29 is 0 Å². The number of unbranched alkanes of at least 4 members (excludes halogenated alkanes) is 3. The second-order valence-electron chi connectivity index (χ2n) is 7.29. The molecule has 0 spiro atoms. The molecule has 0 radical (unpaired) electrons. The van der Waals surface area contributed by atoms with Gasteiger partial charge in [0, 0.05) is 0 Å². The largest absolute Gasteiger partial charge is 0.0654 e. The van der Waals surface area contributed by atoms with E-state index in [-0.39, 0.29) is 0 Å². The summed E-state index contributed by atoms with van der Waals surface area (Å²) in [6.45, 7) is 12.1. The van der Waals surface area contributed by atoms with Gasteiger partial charge in [0.25, 0.3) is 0 Å². The van der Waals surface area contributed by atoms with Gasteiger partial charge in [-0.1, -0.05) is 79.6 Å². The molecule has 1 aliphatic rings. The van der Waals surface area contributed by atoms with Gasteiger partial charge in [0.15, 0.2) is 0 Å². The van der Waals surface area contributed by atoms with Crippen LogP contribution in [0.2, 0.25) is 0 Å². The molecule has 108 valence electrons. The van der Waals surface area contributed by atoms with Gasteiger partial charge in [-0.15, -0.1) is 0 Å². The predicted octanol–water partition coefficient (Wildman–Crippen LogP) is 6.45. The van der Waals surface area contributed by atoms with E-state index in [0.717, 1.165) is 17.8 Å². The minimum atomic E-state index is 0.703. The third-order valence-electron chi connectivity index (χ3n) is 5.56. The normalized spacial score (nSPS) is 30.2. The Morgan fingerprint density at radius 3 is 2.28 bits per heavy atom. The minimum absolute atomic E-state index is 0.703. The van der Waals surface area contributed by atoms with E-state index in [0.29, 0.717) is 5.41 Å². The van der Waals surface area contributed by atoms with Gasteiger partial charge in [-0.25, -0.2) is 0 Å². The Kier molecular flexibility index (Phi) is 6.74. The Morgan fingerprint density at radius 1 is 1.00 bits per heavy atom. The summed E-state index contributed by atoms with van der Waals surface area (Å²) in [6.07, 6.45) is 12.9. The van der Waals surface area contributed by atoms with Crippen molar-refractivity contribution in [3.63, 3.8) is 0 Å². The van der Waals surface area contributed by atoms with Gasteiger partial charge in [0.05, 0.1) is 0 Å². The number of rotatable bonds is 10. The lowest BCUT2D eigenvalue weighted by atomic mass is 9.84. The molecule has 0 bridgehead atoms. The maximum atomic E-state index is 2.56. The maximum absolute atomic E-state index is 2.56. The van der Waals surface area contributed by atoms with E-state index < -0.39 is 0 Å². The van der Waals surface area contributed by atoms with E-state index in [9.17, 15) is 0 Å². The van der Waals surface area contributed by atoms with E-state index >= 15 is 0 Å². The highest BCUT2D eigenvalue weighted by atomic mass is 14.6. The van der Waals surface area contributed by atoms with Gasteiger partial charge >= 0.3 is 0 Å². The number of hydrogen-bond acceptors (Lipinski definition) is 0. The van der Waals surface area contributed by atoms with Crippen molar-refractivity contribution in [2.75, 3.05) is 0 Å². The van der Waals surface area contributed by atoms with Crippen LogP contribution in [0.1, 0.15) is 92.4 Å². The van der Waals surface area contributed by atoms with Crippen molar-refractivity contribution >= 4 is 0 Å². The standard InChI is InChI=1S/C18H36/c1-6-8-10-12-16(4)18(5)14-17(18)13-15(3)11-9-7-2/h15-17H,6-14H2,1-5H3. The highest BCUT2D eigenvalue weighted by Crippen LogP contribution is 2.61. The highest BCUT2D eigenvalue weighted by Gasteiger charge is 2.52. The molecule has 0 aromatic carbocycles. The predicted molar refractivity (Wildman–Crippen MR) is 82.8 cm³/mol. The lowest BCUT2D eigenvalue weighted by molar-refractivity contribution is 0.282. The van der Waals surface area contributed by atoms with Crippen LogP contribution in [0.3, 0.4) is 0 Å². The van der Waals surface area contributed by atoms with Gasteiger partial charge in [0.2, 0.25) is 0 Å². The second-order valence-corrected chi connectivity index (χ2v) is 7.29. The quantitative estimate of drug-likeness (QED) is 0.392. The van der Waals surface area contributed by atoms with Crippen molar-refractivity contribution in [2.24, 2.45) is 23.2 Å². The first-order valence-corrected chi connectivity index (χ1v) is 8.54. The average molecular weight is 252 g/mol. The molecule has 0 nitrogen and oxygen atoms in total. The van der Waals surface area contributed by atoms with Gasteiger partial charge < -0.3 is 0 Å². The maximum Gasteiger partial charge on any atom is -0.0269 e. The first kappa shape index (κ1) is 16.1. The molecule has 0 heteroatoms. The fraction of sp³-hybridized carbons (Fsp3) is 1.00. The van der Waals surface area contributed by atoms with Crippen molar-refractivity contribution in [2.45, 2.75) is 92.4 Å². The van der Waals surface area contributed by atoms with Crippen LogP contribution in [0.5, 0.6) is 0 Å². The van der Waals surface area contributed by atoms with Crippen LogP contribution in [0.4, 0.5) is 0 Å². The van der Waals surface area contributed by atoms with Crippen LogP contribution >= 0.6 is 0 Å². The van der Waals surface area contributed by atoms with Crippen LogP contribution < -0.4 is 0 Å². The first-order chi connectivity index (χ1) is 8.54. The molecule has 0 aromatic rings. The minimum Gasteiger partial charge on any atom is -0.0654 e. The van der Waals surface area contributed by atoms with Crippen molar-refractivity contribution in [3.05, 3.63) is 0 Å². The summed E-state index contributed by atoms with van der Waals surface area (Å²) in [5.41, 5.74) is 0.703. The summed E-state index contributed by atoms with van der Waals surface area (Å²) in [7, 11) is 0. The van der Waals surface area contributed by atoms with Crippen LogP contribution in [0, 0.1) is 23.2 Å². The van der Waals surface area contributed by atoms with E-state index in [2.05, 4.69) is 34.6 Å². The van der Waals surface area contributed by atoms with Crippen molar-refractivity contribution in [1.82, 2.24) is 0 Å². The molecule has 18 heavy (non-hydrogen) atoms. The molecule has 0 saturated heterocycles. The van der Waals surface area contributed by atoms with Crippen LogP contribution in [-0.2, 0) is 0 Å². The lowest BCUT2D eigenvalue weighted by Gasteiger charge is -2.22. The molecule has 0 aromatic heterocycles. The van der Waals surface area contributed by atoms with Gasteiger partial charge in [0.1, 0.15) is 0 Å². The summed E-state index contributed by atoms with van der Waals surface area (Å²) < 4.78 is 0. The second kappa shape index (κ2) is 7.56. The van der Waals surface area contributed by atoms with E-state index in [1.165, 1.54) is 57.8 Å². The molecule has 1 aliphatic carbocycles. The van der Waals surface area contributed by atoms with Gasteiger partial charge in [-0.2, -0.15) is 0 Å². The molecule has 0 amide bonds. The SMILES string of the molecule is CCCCCC(C)C1(C)CC1CC(C)CCCC. The molecule has 0 aliphatic heterocycles. The first-order valence-electron chi connectivity index (χ1n) is 8.54. The lowest BCUT2D eigenvalue weighted by Crippen LogP contribution is -2.13. The molecular formula is C18H36. The highest BCUT2D eigenvalue weighted by molar-refractivity contribution is 5.02. The Morgan fingerprint density at radius 2 is 1.67 bits per heavy atom. The molecule has 4 atom stereocenters. The third-order valence-corrected chi connectivity index (χ3v) is 5.56. The van der Waals surface area contributed by atoms with Crippen molar-refractivity contribution in [1.29, 1.82) is 0 Å². The van der Waals surface area contributed by atoms with Crippen molar-refractivity contribution in [3.8, 4) is 0 Å². The summed E-state index contributed by atoms with van der Waals surface area (Å²) in [4.78, 5) is 0. The Labute approximate surface area is 116 Å². The summed E-state index contributed by atoms with van der Waals surface area (Å²) in [5.74, 6) is 2.95. The van der Waals surface area contributed by atoms with E-state index in [4.69, 9.17) is 0 Å². The summed E-state index contributed by atoms with van der Waals surface area (Å²) in [5, 5.41) is 0. The zero-order valence-electron chi connectivity index (χ0n) is 13.6. The molecule has 1 fully saturated rings.